The fraction of sp³-hybridized carbons (Fsp3) is 0.297. The number of phenolic OH excluding ortho intramolecular Hbond substituents is 2. The molecular weight excluding hydrogens is 539 g/mol. The summed E-state index contributed by atoms with van der Waals surface area (Å²) in [5.74, 6) is 0.283. The highest BCUT2D eigenvalue weighted by Gasteiger charge is 2.44. The molecule has 5 heteroatoms. The Labute approximate surface area is 252 Å². The van der Waals surface area contributed by atoms with Gasteiger partial charge in [0.05, 0.1) is 20.4 Å². The summed E-state index contributed by atoms with van der Waals surface area (Å²) in [5.41, 5.74) is 1.13. The number of benzene rings is 4. The van der Waals surface area contributed by atoms with Gasteiger partial charge in [0.25, 0.3) is 0 Å². The van der Waals surface area contributed by atoms with E-state index in [-0.39, 0.29) is 23.0 Å². The highest BCUT2D eigenvalue weighted by atomic mass is 31.2. The number of unbranched alkanes of at least 4 members (excludes halogenated alkanes) is 6. The van der Waals surface area contributed by atoms with Gasteiger partial charge in [-0.25, -0.2) is 0 Å². The van der Waals surface area contributed by atoms with E-state index in [2.05, 4.69) is 97.1 Å². The van der Waals surface area contributed by atoms with Gasteiger partial charge in [-0.05, 0) is 69.0 Å². The molecular formula is C37H44O4P+. The zero-order valence-electron chi connectivity index (χ0n) is 25.1. The smallest absolute Gasteiger partial charge is 0.207 e. The van der Waals surface area contributed by atoms with E-state index < -0.39 is 7.26 Å². The van der Waals surface area contributed by atoms with E-state index in [1.165, 1.54) is 68.4 Å². The van der Waals surface area contributed by atoms with Gasteiger partial charge in [-0.2, -0.15) is 0 Å². The molecule has 42 heavy (non-hydrogen) atoms. The molecule has 0 saturated carbocycles. The van der Waals surface area contributed by atoms with E-state index in [0.717, 1.165) is 12.8 Å². The third-order valence-electron chi connectivity index (χ3n) is 8.05. The normalized spacial score (nSPS) is 11.6. The van der Waals surface area contributed by atoms with Gasteiger partial charge in [-0.15, -0.1) is 0 Å². The van der Waals surface area contributed by atoms with E-state index >= 15 is 0 Å². The van der Waals surface area contributed by atoms with Crippen LogP contribution in [0.15, 0.2) is 97.1 Å². The van der Waals surface area contributed by atoms with Crippen LogP contribution in [-0.2, 0) is 0 Å². The molecule has 0 atom stereocenters. The lowest BCUT2D eigenvalue weighted by Gasteiger charge is -2.27. The monoisotopic (exact) mass is 583 g/mol. The number of ether oxygens (including phenoxy) is 2. The molecule has 0 aromatic heterocycles. The van der Waals surface area contributed by atoms with Gasteiger partial charge in [-0.3, -0.25) is 0 Å². The molecule has 0 aliphatic heterocycles. The number of hydrogen-bond donors (Lipinski definition) is 2. The highest BCUT2D eigenvalue weighted by molar-refractivity contribution is 7.95. The van der Waals surface area contributed by atoms with E-state index in [1.807, 2.05) is 6.08 Å². The molecule has 0 heterocycles. The molecule has 0 aliphatic rings. The standard InChI is InChI=1S/C37H43O4P/c1-29-33(35(39)37(41-3)36(40-2)34(29)38)27-19-8-6-4-5-7-9-20-28-42(30-21-13-10-14-22-30,31-23-15-11-16-24-31)32-25-17-12-18-26-32/h10-19,21-27H,4-9,20,28H2,1-3H3,(H-,38,39)/p+1/b27-19+. The molecule has 2 N–H and O–H groups in total. The number of rotatable bonds is 15. The Hall–Kier alpha value is -3.75. The Morgan fingerprint density at radius 2 is 1.02 bits per heavy atom. The van der Waals surface area contributed by atoms with Crippen molar-refractivity contribution in [1.29, 1.82) is 0 Å². The zero-order valence-corrected chi connectivity index (χ0v) is 26.0. The minimum absolute atomic E-state index is 0.00920. The molecule has 0 radical (unpaired) electrons. The molecule has 4 rings (SSSR count). The van der Waals surface area contributed by atoms with Crippen molar-refractivity contribution in [3.05, 3.63) is 108 Å². The molecule has 4 aromatic carbocycles. The summed E-state index contributed by atoms with van der Waals surface area (Å²) in [7, 11) is 1.15. The van der Waals surface area contributed by atoms with Gasteiger partial charge in [0.1, 0.15) is 23.2 Å². The van der Waals surface area contributed by atoms with Crippen molar-refractivity contribution in [3.8, 4) is 23.0 Å². The first-order valence-electron chi connectivity index (χ1n) is 14.9. The van der Waals surface area contributed by atoms with Crippen molar-refractivity contribution >= 4 is 29.3 Å². The van der Waals surface area contributed by atoms with Crippen LogP contribution in [0.4, 0.5) is 0 Å². The van der Waals surface area contributed by atoms with Crippen molar-refractivity contribution in [2.24, 2.45) is 0 Å². The fourth-order valence-corrected chi connectivity index (χ4v) is 10.2. The summed E-state index contributed by atoms with van der Waals surface area (Å²) in [4.78, 5) is 0. The van der Waals surface area contributed by atoms with Crippen LogP contribution in [0.5, 0.6) is 23.0 Å². The first-order valence-corrected chi connectivity index (χ1v) is 16.9. The van der Waals surface area contributed by atoms with Crippen LogP contribution < -0.4 is 25.4 Å². The topological polar surface area (TPSA) is 58.9 Å². The van der Waals surface area contributed by atoms with Gasteiger partial charge < -0.3 is 19.7 Å². The largest absolute Gasteiger partial charge is 0.504 e. The van der Waals surface area contributed by atoms with E-state index in [9.17, 15) is 10.2 Å². The third-order valence-corrected chi connectivity index (χ3v) is 12.6. The van der Waals surface area contributed by atoms with Gasteiger partial charge in [0.2, 0.25) is 11.5 Å². The Kier molecular flexibility index (Phi) is 11.5. The highest BCUT2D eigenvalue weighted by Crippen LogP contribution is 2.56. The summed E-state index contributed by atoms with van der Waals surface area (Å²) >= 11 is 0. The zero-order chi connectivity index (χ0) is 29.8. The molecule has 0 spiro atoms. The van der Waals surface area contributed by atoms with Crippen LogP contribution in [-0.4, -0.2) is 30.6 Å². The molecule has 0 aliphatic carbocycles. The van der Waals surface area contributed by atoms with E-state index in [0.29, 0.717) is 11.1 Å². The van der Waals surface area contributed by atoms with Crippen molar-refractivity contribution in [2.75, 3.05) is 20.4 Å². The Bertz CT molecular complexity index is 1320. The molecule has 0 bridgehead atoms. The summed E-state index contributed by atoms with van der Waals surface area (Å²) in [6, 6.07) is 33.4. The first kappa shape index (κ1) is 31.2. The number of allylic oxidation sites excluding steroid dienone is 1. The molecule has 0 saturated heterocycles. The van der Waals surface area contributed by atoms with Crippen molar-refractivity contribution < 1.29 is 19.7 Å². The van der Waals surface area contributed by atoms with Gasteiger partial charge >= 0.3 is 0 Å². The fourth-order valence-electron chi connectivity index (χ4n) is 5.80. The second-order valence-electron chi connectivity index (χ2n) is 10.7. The van der Waals surface area contributed by atoms with Crippen LogP contribution in [0.2, 0.25) is 0 Å². The molecule has 0 fully saturated rings. The number of phenols is 2. The maximum absolute atomic E-state index is 10.6. The lowest BCUT2D eigenvalue weighted by Crippen LogP contribution is -2.33. The molecule has 4 aromatic rings. The van der Waals surface area contributed by atoms with E-state index in [1.54, 1.807) is 6.92 Å². The minimum Gasteiger partial charge on any atom is -0.504 e. The van der Waals surface area contributed by atoms with Crippen LogP contribution in [0.3, 0.4) is 0 Å². The minimum atomic E-state index is -1.74. The maximum atomic E-state index is 10.6. The van der Waals surface area contributed by atoms with Gasteiger partial charge in [0.15, 0.2) is 11.5 Å². The van der Waals surface area contributed by atoms with Crippen molar-refractivity contribution in [1.82, 2.24) is 0 Å². The molecule has 220 valence electrons. The number of hydrogen-bond acceptors (Lipinski definition) is 4. The van der Waals surface area contributed by atoms with Gasteiger partial charge in [0, 0.05) is 11.1 Å². The summed E-state index contributed by atoms with van der Waals surface area (Å²) in [5, 5.41) is 25.5. The van der Waals surface area contributed by atoms with Crippen LogP contribution in [0, 0.1) is 6.92 Å². The molecule has 0 amide bonds. The average Bonchev–Trinajstić information content (AvgIpc) is 3.04. The van der Waals surface area contributed by atoms with Crippen LogP contribution in [0.25, 0.3) is 6.08 Å². The number of aromatic hydroxyl groups is 2. The van der Waals surface area contributed by atoms with Crippen LogP contribution in [0.1, 0.15) is 56.1 Å². The Balaban J connectivity index is 1.32. The van der Waals surface area contributed by atoms with Crippen molar-refractivity contribution in [2.45, 2.75) is 51.9 Å². The second-order valence-corrected chi connectivity index (χ2v) is 14.3. The molecule has 0 unspecified atom stereocenters. The number of methoxy groups -OCH3 is 2. The van der Waals surface area contributed by atoms with Crippen LogP contribution >= 0.6 is 7.26 Å². The SMILES string of the molecule is COc1c(O)c(C)c(/C=C/CCCCCCCC[P+](c2ccccc2)(c2ccccc2)c2ccccc2)c(O)c1OC. The van der Waals surface area contributed by atoms with Gasteiger partial charge in [-0.1, -0.05) is 86.0 Å². The Morgan fingerprint density at radius 3 is 1.50 bits per heavy atom. The first-order chi connectivity index (χ1) is 20.5. The predicted molar refractivity (Wildman–Crippen MR) is 179 cm³/mol. The predicted octanol–water partition coefficient (Wildman–Crippen LogP) is 8.16. The molecule has 4 nitrogen and oxygen atoms in total. The summed E-state index contributed by atoms with van der Waals surface area (Å²) in [6.45, 7) is 1.76. The van der Waals surface area contributed by atoms with E-state index in [4.69, 9.17) is 9.47 Å². The average molecular weight is 584 g/mol. The summed E-state index contributed by atoms with van der Waals surface area (Å²) < 4.78 is 10.5. The second kappa shape index (κ2) is 15.5. The summed E-state index contributed by atoms with van der Waals surface area (Å²) in [6.07, 6.45) is 13.1. The Morgan fingerprint density at radius 1 is 0.595 bits per heavy atom. The quantitative estimate of drug-likeness (QED) is 0.0842. The third kappa shape index (κ3) is 6.99. The van der Waals surface area contributed by atoms with Crippen molar-refractivity contribution in [3.63, 3.8) is 0 Å². The lowest BCUT2D eigenvalue weighted by molar-refractivity contribution is 0.315. The lowest BCUT2D eigenvalue weighted by atomic mass is 10.0. The maximum Gasteiger partial charge on any atom is 0.207 e.